The molecule has 234 valence electrons. The van der Waals surface area contributed by atoms with Crippen molar-refractivity contribution in [1.82, 2.24) is 15.1 Å². The minimum absolute atomic E-state index is 0.0448. The van der Waals surface area contributed by atoms with Crippen LogP contribution in [0.1, 0.15) is 60.7 Å². The smallest absolute Gasteiger partial charge is 0.289 e. The van der Waals surface area contributed by atoms with Crippen molar-refractivity contribution in [3.63, 3.8) is 0 Å². The third-order valence-corrected chi connectivity index (χ3v) is 10.5. The van der Waals surface area contributed by atoms with Crippen molar-refractivity contribution >= 4 is 40.7 Å². The summed E-state index contributed by atoms with van der Waals surface area (Å²) in [5.74, 6) is -2.79. The Labute approximate surface area is 266 Å². The Morgan fingerprint density at radius 1 is 1.02 bits per heavy atom. The Balaban J connectivity index is 1.12. The van der Waals surface area contributed by atoms with Crippen LogP contribution in [0.15, 0.2) is 65.3 Å². The summed E-state index contributed by atoms with van der Waals surface area (Å²) in [5.41, 5.74) is 0.611. The fourth-order valence-electron chi connectivity index (χ4n) is 7.17. The van der Waals surface area contributed by atoms with Gasteiger partial charge in [0.05, 0.1) is 23.0 Å². The third kappa shape index (κ3) is 5.82. The van der Waals surface area contributed by atoms with E-state index in [0.717, 1.165) is 51.4 Å². The van der Waals surface area contributed by atoms with Gasteiger partial charge in [0, 0.05) is 49.8 Å². The van der Waals surface area contributed by atoms with E-state index < -0.39 is 11.5 Å². The predicted octanol–water partition coefficient (Wildman–Crippen LogP) is 6.69. The number of piperidine rings is 1. The molecular weight excluding hydrogens is 609 g/mol. The van der Waals surface area contributed by atoms with Gasteiger partial charge in [-0.25, -0.2) is 8.78 Å². The largest absolute Gasteiger partial charge is 0.459 e. The number of carbonyl (C=O) groups is 2. The van der Waals surface area contributed by atoms with Gasteiger partial charge in [-0.2, -0.15) is 0 Å². The minimum Gasteiger partial charge on any atom is -0.459 e. The third-order valence-electron chi connectivity index (χ3n) is 9.72. The molecule has 0 bridgehead atoms. The lowest BCUT2D eigenvalue weighted by molar-refractivity contribution is -0.125. The van der Waals surface area contributed by atoms with Crippen LogP contribution in [0.25, 0.3) is 0 Å². The van der Waals surface area contributed by atoms with E-state index in [4.69, 9.17) is 27.6 Å². The Hall–Kier alpha value is -3.14. The summed E-state index contributed by atoms with van der Waals surface area (Å²) in [6, 6.07) is 15.5. The van der Waals surface area contributed by atoms with Crippen molar-refractivity contribution in [1.29, 1.82) is 0 Å². The zero-order valence-electron chi connectivity index (χ0n) is 24.6. The van der Waals surface area contributed by atoms with Crippen LogP contribution in [0.2, 0.25) is 10.0 Å². The first-order valence-corrected chi connectivity index (χ1v) is 15.8. The van der Waals surface area contributed by atoms with Gasteiger partial charge in [-0.15, -0.1) is 0 Å². The first kappa shape index (κ1) is 30.9. The molecule has 1 atom stereocenters. The molecule has 3 aliphatic heterocycles. The Kier molecular flexibility index (Phi) is 8.41. The fourth-order valence-corrected chi connectivity index (χ4v) is 7.47. The van der Waals surface area contributed by atoms with Crippen LogP contribution in [0.3, 0.4) is 0 Å². The summed E-state index contributed by atoms with van der Waals surface area (Å²) in [6.45, 7) is 4.63. The number of nitrogens with one attached hydrogen (secondary N) is 1. The molecule has 1 unspecified atom stereocenters. The summed E-state index contributed by atoms with van der Waals surface area (Å²) >= 11 is 12.7. The van der Waals surface area contributed by atoms with Crippen LogP contribution in [-0.4, -0.2) is 66.5 Å². The lowest BCUT2D eigenvalue weighted by atomic mass is 9.76. The lowest BCUT2D eigenvalue weighted by Crippen LogP contribution is -2.56. The van der Waals surface area contributed by atoms with Gasteiger partial charge >= 0.3 is 0 Å². The molecule has 2 aromatic carbocycles. The summed E-state index contributed by atoms with van der Waals surface area (Å²) in [6.07, 6.45) is 5.25. The minimum atomic E-state index is -2.96. The van der Waals surface area contributed by atoms with Crippen molar-refractivity contribution in [2.45, 2.75) is 55.9 Å². The van der Waals surface area contributed by atoms with E-state index in [9.17, 15) is 18.4 Å². The summed E-state index contributed by atoms with van der Waals surface area (Å²) in [4.78, 5) is 32.5. The van der Waals surface area contributed by atoms with Crippen LogP contribution < -0.4 is 10.2 Å². The number of carbonyl (C=O) groups excluding carboxylic acids is 2. The number of amides is 2. The summed E-state index contributed by atoms with van der Waals surface area (Å²) in [5, 5.41) is 3.95. The second-order valence-corrected chi connectivity index (χ2v) is 13.2. The quantitative estimate of drug-likeness (QED) is 0.296. The molecule has 44 heavy (non-hydrogen) atoms. The Morgan fingerprint density at radius 3 is 2.52 bits per heavy atom. The van der Waals surface area contributed by atoms with E-state index >= 15 is 0 Å². The van der Waals surface area contributed by atoms with Gasteiger partial charge in [-0.1, -0.05) is 41.4 Å². The van der Waals surface area contributed by atoms with Crippen molar-refractivity contribution in [2.75, 3.05) is 44.3 Å². The van der Waals surface area contributed by atoms with Crippen molar-refractivity contribution in [3.05, 3.63) is 87.8 Å². The molecular formula is C33H36Cl2F2N4O3. The number of likely N-dealkylation sites (tertiary alicyclic amines) is 2. The van der Waals surface area contributed by atoms with E-state index in [-0.39, 0.29) is 22.8 Å². The predicted molar refractivity (Wildman–Crippen MR) is 167 cm³/mol. The highest BCUT2D eigenvalue weighted by Gasteiger charge is 2.50. The molecule has 11 heteroatoms. The molecule has 1 N–H and O–H groups in total. The topological polar surface area (TPSA) is 69.0 Å². The zero-order chi connectivity index (χ0) is 31.1. The molecule has 1 aromatic heterocycles. The monoisotopic (exact) mass is 644 g/mol. The molecule has 7 nitrogen and oxygen atoms in total. The fraction of sp³-hybridized carbons (Fsp3) is 0.455. The number of anilines is 1. The first-order chi connectivity index (χ1) is 21.0. The van der Waals surface area contributed by atoms with Crippen LogP contribution in [0, 0.1) is 0 Å². The molecule has 3 aromatic rings. The van der Waals surface area contributed by atoms with Gasteiger partial charge in [0.25, 0.3) is 11.8 Å². The van der Waals surface area contributed by atoms with E-state index in [1.807, 2.05) is 28.0 Å². The van der Waals surface area contributed by atoms with Crippen LogP contribution >= 0.6 is 23.2 Å². The summed E-state index contributed by atoms with van der Waals surface area (Å²) < 4.78 is 33.5. The van der Waals surface area contributed by atoms with E-state index in [1.165, 1.54) is 18.4 Å². The molecule has 1 spiro atoms. The molecule has 0 radical (unpaired) electrons. The van der Waals surface area contributed by atoms with Crippen molar-refractivity contribution < 1.29 is 22.8 Å². The zero-order valence-corrected chi connectivity index (χ0v) is 26.1. The molecule has 0 saturated carbocycles. The lowest BCUT2D eigenvalue weighted by Gasteiger charge is -2.43. The van der Waals surface area contributed by atoms with Crippen molar-refractivity contribution in [3.8, 4) is 0 Å². The second kappa shape index (κ2) is 12.0. The molecule has 0 aliphatic carbocycles. The number of rotatable bonds is 8. The van der Waals surface area contributed by atoms with Gasteiger partial charge < -0.3 is 24.4 Å². The number of furan rings is 1. The second-order valence-electron chi connectivity index (χ2n) is 12.4. The van der Waals surface area contributed by atoms with E-state index in [0.29, 0.717) is 54.1 Å². The number of hydrogen-bond donors (Lipinski definition) is 1. The number of alkyl halides is 2. The standard InChI is InChI=1S/C33H36Cl2F2N4O3/c1-31(36,37)23-5-2-6-25(19-23)41-22-38-30(43)33(41)12-15-39(16-13-33)14-4-10-32(24-8-9-26(34)27(35)20-24)11-17-40(21-32)29(42)28-7-3-18-44-28/h2-3,5-9,18-20H,4,10-17,21-22H2,1H3,(H,38,43). The summed E-state index contributed by atoms with van der Waals surface area (Å²) in [7, 11) is 0. The average Bonchev–Trinajstić information content (AvgIpc) is 3.76. The molecule has 2 amide bonds. The van der Waals surface area contributed by atoms with Crippen LogP contribution in [0.5, 0.6) is 0 Å². The molecule has 6 rings (SSSR count). The van der Waals surface area contributed by atoms with Crippen LogP contribution in [0.4, 0.5) is 14.5 Å². The molecule has 3 saturated heterocycles. The maximum Gasteiger partial charge on any atom is 0.289 e. The highest BCUT2D eigenvalue weighted by molar-refractivity contribution is 6.42. The van der Waals surface area contributed by atoms with Gasteiger partial charge in [0.15, 0.2) is 5.76 Å². The van der Waals surface area contributed by atoms with Gasteiger partial charge in [-0.3, -0.25) is 9.59 Å². The molecule has 3 aliphatic rings. The van der Waals surface area contributed by atoms with Crippen molar-refractivity contribution in [2.24, 2.45) is 0 Å². The first-order valence-electron chi connectivity index (χ1n) is 15.1. The normalized spacial score (nSPS) is 22.2. The Morgan fingerprint density at radius 2 is 1.82 bits per heavy atom. The molecule has 3 fully saturated rings. The maximum absolute atomic E-state index is 14.1. The maximum atomic E-state index is 14.1. The number of nitrogens with zero attached hydrogens (tertiary/aromatic N) is 3. The van der Waals surface area contributed by atoms with Gasteiger partial charge in [-0.05, 0) is 80.6 Å². The average molecular weight is 646 g/mol. The number of halogens is 4. The number of hydrogen-bond acceptors (Lipinski definition) is 5. The highest BCUT2D eigenvalue weighted by atomic mass is 35.5. The Bertz CT molecular complexity index is 1520. The van der Waals surface area contributed by atoms with E-state index in [1.54, 1.807) is 24.3 Å². The highest BCUT2D eigenvalue weighted by Crippen LogP contribution is 2.42. The molecule has 4 heterocycles. The number of benzene rings is 2. The van der Waals surface area contributed by atoms with E-state index in [2.05, 4.69) is 10.2 Å². The van der Waals surface area contributed by atoms with Gasteiger partial charge in [0.1, 0.15) is 5.54 Å². The SMILES string of the molecule is CC(F)(F)c1cccc(N2CNC(=O)C23CCN(CCCC2(c4ccc(Cl)c(Cl)c4)CCN(C(=O)c4ccco4)C2)CC3)c1. The van der Waals surface area contributed by atoms with Gasteiger partial charge in [0.2, 0.25) is 5.91 Å². The van der Waals surface area contributed by atoms with Crippen LogP contribution in [-0.2, 0) is 16.1 Å².